The van der Waals surface area contributed by atoms with E-state index in [-0.39, 0.29) is 0 Å². The summed E-state index contributed by atoms with van der Waals surface area (Å²) in [5, 5.41) is 14.6. The Labute approximate surface area is 102 Å². The molecule has 2 nitrogen and oxygen atoms in total. The highest BCUT2D eigenvalue weighted by atomic mass is 35.5. The van der Waals surface area contributed by atoms with E-state index in [4.69, 9.17) is 11.6 Å². The molecule has 0 aromatic heterocycles. The topological polar surface area (TPSA) is 32.3 Å². The lowest BCUT2D eigenvalue weighted by Gasteiger charge is -2.26. The van der Waals surface area contributed by atoms with Crippen LogP contribution < -0.4 is 5.32 Å². The lowest BCUT2D eigenvalue weighted by Crippen LogP contribution is -2.32. The molecule has 1 saturated heterocycles. The second-order valence-corrected chi connectivity index (χ2v) is 5.07. The van der Waals surface area contributed by atoms with E-state index in [1.807, 2.05) is 24.3 Å². The van der Waals surface area contributed by atoms with Crippen LogP contribution in [0.3, 0.4) is 0 Å². The van der Waals surface area contributed by atoms with Crippen molar-refractivity contribution in [3.63, 3.8) is 0 Å². The fraction of sp³-hybridized carbons (Fsp3) is 0.538. The number of halogens is 1. The van der Waals surface area contributed by atoms with E-state index in [1.54, 1.807) is 0 Å². The van der Waals surface area contributed by atoms with Gasteiger partial charge in [-0.05, 0) is 50.0 Å². The number of nitrogens with one attached hydrogen (secondary N) is 1. The number of rotatable bonds is 2. The summed E-state index contributed by atoms with van der Waals surface area (Å²) >= 11 is 5.95. The summed E-state index contributed by atoms with van der Waals surface area (Å²) in [5.41, 5.74) is 0.561. The van der Waals surface area contributed by atoms with Crippen molar-refractivity contribution >= 4 is 11.6 Å². The van der Waals surface area contributed by atoms with Crippen molar-refractivity contribution in [1.82, 2.24) is 5.32 Å². The molecule has 0 bridgehead atoms. The van der Waals surface area contributed by atoms with Gasteiger partial charge < -0.3 is 10.4 Å². The summed E-state index contributed by atoms with van der Waals surface area (Å²) in [6.07, 6.45) is 3.43. The molecule has 1 aromatic rings. The summed E-state index contributed by atoms with van der Waals surface area (Å²) in [7, 11) is 0. The van der Waals surface area contributed by atoms with Gasteiger partial charge >= 0.3 is 0 Å². The Morgan fingerprint density at radius 2 is 2.19 bits per heavy atom. The fourth-order valence-electron chi connectivity index (χ4n) is 2.32. The van der Waals surface area contributed by atoms with Crippen molar-refractivity contribution in [2.75, 3.05) is 13.1 Å². The molecule has 0 spiro atoms. The third-order valence-electron chi connectivity index (χ3n) is 3.19. The van der Waals surface area contributed by atoms with Crippen molar-refractivity contribution in [3.05, 3.63) is 34.9 Å². The van der Waals surface area contributed by atoms with Crippen LogP contribution in [0.1, 0.15) is 24.8 Å². The Morgan fingerprint density at radius 1 is 1.31 bits per heavy atom. The zero-order valence-corrected chi connectivity index (χ0v) is 10.1. The highest BCUT2D eigenvalue weighted by molar-refractivity contribution is 6.30. The van der Waals surface area contributed by atoms with Crippen LogP contribution in [0.25, 0.3) is 0 Å². The van der Waals surface area contributed by atoms with Crippen molar-refractivity contribution < 1.29 is 5.11 Å². The maximum Gasteiger partial charge on any atom is 0.0700 e. The summed E-state index contributed by atoms with van der Waals surface area (Å²) in [6.45, 7) is 1.91. The zero-order valence-electron chi connectivity index (χ0n) is 9.38. The maximum absolute atomic E-state index is 10.5. The molecule has 2 N–H and O–H groups in total. The molecule has 0 radical (unpaired) electrons. The monoisotopic (exact) mass is 239 g/mol. The van der Waals surface area contributed by atoms with E-state index < -0.39 is 5.60 Å². The third kappa shape index (κ3) is 3.21. The van der Waals surface area contributed by atoms with E-state index >= 15 is 0 Å². The van der Waals surface area contributed by atoms with E-state index in [2.05, 4.69) is 5.32 Å². The van der Waals surface area contributed by atoms with Crippen LogP contribution in [0.4, 0.5) is 0 Å². The molecule has 16 heavy (non-hydrogen) atoms. The molecule has 1 aliphatic rings. The summed E-state index contributed by atoms with van der Waals surface area (Å²) < 4.78 is 0. The molecular formula is C13H18ClNO. The number of benzene rings is 1. The molecule has 88 valence electrons. The Bertz CT molecular complexity index is 346. The van der Waals surface area contributed by atoms with Gasteiger partial charge in [-0.2, -0.15) is 0 Å². The zero-order chi connectivity index (χ0) is 11.4. The van der Waals surface area contributed by atoms with Crippen LogP contribution in [0.15, 0.2) is 24.3 Å². The molecule has 0 amide bonds. The molecule has 1 aromatic carbocycles. The first-order valence-corrected chi connectivity index (χ1v) is 6.23. The molecule has 2 rings (SSSR count). The Kier molecular flexibility index (Phi) is 3.85. The molecule has 0 aliphatic carbocycles. The van der Waals surface area contributed by atoms with Gasteiger partial charge in [-0.1, -0.05) is 23.7 Å². The molecule has 1 unspecified atom stereocenters. The molecule has 1 aliphatic heterocycles. The van der Waals surface area contributed by atoms with Crippen LogP contribution in [0, 0.1) is 0 Å². The van der Waals surface area contributed by atoms with Crippen LogP contribution in [0.5, 0.6) is 0 Å². The summed E-state index contributed by atoms with van der Waals surface area (Å²) in [6, 6.07) is 7.78. The van der Waals surface area contributed by atoms with Gasteiger partial charge in [-0.25, -0.2) is 0 Å². The summed E-state index contributed by atoms with van der Waals surface area (Å²) in [5.74, 6) is 0. The van der Waals surface area contributed by atoms with Gasteiger partial charge in [-0.3, -0.25) is 0 Å². The minimum Gasteiger partial charge on any atom is -0.389 e. The van der Waals surface area contributed by atoms with Crippen LogP contribution in [-0.4, -0.2) is 23.8 Å². The van der Waals surface area contributed by atoms with Gasteiger partial charge in [-0.15, -0.1) is 0 Å². The molecule has 3 heteroatoms. The molecular weight excluding hydrogens is 222 g/mol. The van der Waals surface area contributed by atoms with Gasteiger partial charge in [0.1, 0.15) is 0 Å². The Balaban J connectivity index is 2.06. The van der Waals surface area contributed by atoms with Crippen molar-refractivity contribution in [3.8, 4) is 0 Å². The van der Waals surface area contributed by atoms with Crippen molar-refractivity contribution in [2.45, 2.75) is 31.3 Å². The average Bonchev–Trinajstić information content (AvgIpc) is 2.43. The minimum absolute atomic E-state index is 0.561. The quantitative estimate of drug-likeness (QED) is 0.831. The first-order chi connectivity index (χ1) is 7.68. The SMILES string of the molecule is OC1(Cc2cccc(Cl)c2)CCCNCC1. The van der Waals surface area contributed by atoms with E-state index in [9.17, 15) is 5.11 Å². The van der Waals surface area contributed by atoms with Gasteiger partial charge in [0.05, 0.1) is 5.60 Å². The van der Waals surface area contributed by atoms with Crippen LogP contribution in [0.2, 0.25) is 5.02 Å². The fourth-order valence-corrected chi connectivity index (χ4v) is 2.53. The lowest BCUT2D eigenvalue weighted by atomic mass is 9.88. The number of hydrogen-bond acceptors (Lipinski definition) is 2. The van der Waals surface area contributed by atoms with E-state index in [0.717, 1.165) is 42.9 Å². The van der Waals surface area contributed by atoms with Gasteiger partial charge in [0, 0.05) is 11.4 Å². The summed E-state index contributed by atoms with van der Waals surface area (Å²) in [4.78, 5) is 0. The Hall–Kier alpha value is -0.570. The van der Waals surface area contributed by atoms with Crippen molar-refractivity contribution in [2.24, 2.45) is 0 Å². The molecule has 1 atom stereocenters. The van der Waals surface area contributed by atoms with Gasteiger partial charge in [0.25, 0.3) is 0 Å². The molecule has 1 fully saturated rings. The minimum atomic E-state index is -0.561. The highest BCUT2D eigenvalue weighted by Crippen LogP contribution is 2.25. The normalized spacial score (nSPS) is 26.4. The number of aliphatic hydroxyl groups is 1. The largest absolute Gasteiger partial charge is 0.389 e. The second kappa shape index (κ2) is 5.17. The third-order valence-corrected chi connectivity index (χ3v) is 3.42. The van der Waals surface area contributed by atoms with E-state index in [1.165, 1.54) is 0 Å². The second-order valence-electron chi connectivity index (χ2n) is 4.63. The highest BCUT2D eigenvalue weighted by Gasteiger charge is 2.27. The predicted molar refractivity (Wildman–Crippen MR) is 66.8 cm³/mol. The first-order valence-electron chi connectivity index (χ1n) is 5.86. The lowest BCUT2D eigenvalue weighted by molar-refractivity contribution is 0.0285. The Morgan fingerprint density at radius 3 is 3.00 bits per heavy atom. The van der Waals surface area contributed by atoms with Crippen LogP contribution in [-0.2, 0) is 6.42 Å². The number of hydrogen-bond donors (Lipinski definition) is 2. The van der Waals surface area contributed by atoms with Gasteiger partial charge in [0.2, 0.25) is 0 Å². The standard InChI is InChI=1S/C13H18ClNO/c14-12-4-1-3-11(9-12)10-13(16)5-2-7-15-8-6-13/h1,3-4,9,15-16H,2,5-8,10H2. The first kappa shape index (κ1) is 11.9. The average molecular weight is 240 g/mol. The van der Waals surface area contributed by atoms with Crippen LogP contribution >= 0.6 is 11.6 Å². The predicted octanol–water partition coefficient (Wildman–Crippen LogP) is 2.39. The van der Waals surface area contributed by atoms with Crippen molar-refractivity contribution in [1.29, 1.82) is 0 Å². The van der Waals surface area contributed by atoms with Gasteiger partial charge in [0.15, 0.2) is 0 Å². The smallest absolute Gasteiger partial charge is 0.0700 e. The molecule has 0 saturated carbocycles. The maximum atomic E-state index is 10.5. The molecule has 1 heterocycles. The van der Waals surface area contributed by atoms with E-state index in [0.29, 0.717) is 6.42 Å².